The molecule has 1 rings (SSSR count). The average Bonchev–Trinajstić information content (AvgIpc) is 2.21. The van der Waals surface area contributed by atoms with Crippen LogP contribution in [-0.4, -0.2) is 30.3 Å². The first-order chi connectivity index (χ1) is 8.62. The number of rotatable bonds is 4. The fourth-order valence-electron chi connectivity index (χ4n) is 1.96. The Bertz CT molecular complexity index is 688. The molecule has 0 aliphatic heterocycles. The molecule has 106 valence electrons. The van der Waals surface area contributed by atoms with Crippen molar-refractivity contribution < 1.29 is 18.3 Å². The summed E-state index contributed by atoms with van der Waals surface area (Å²) in [4.78, 5) is 22.9. The summed E-state index contributed by atoms with van der Waals surface area (Å²) in [5.74, 6) is -1.67. The summed E-state index contributed by atoms with van der Waals surface area (Å²) in [6.07, 6.45) is 1.37. The molecule has 0 aromatic carbocycles. The molecular weight excluding hydrogens is 272 g/mol. The summed E-state index contributed by atoms with van der Waals surface area (Å²) < 4.78 is 24.2. The number of hydrogen-bond acceptors (Lipinski definition) is 5. The number of carbonyl (C=O) groups is 1. The van der Waals surface area contributed by atoms with Gasteiger partial charge in [-0.15, -0.1) is 0 Å². The minimum Gasteiger partial charge on any atom is -0.493 e. The van der Waals surface area contributed by atoms with E-state index in [1.807, 2.05) is 0 Å². The fraction of sp³-hybridized carbons (Fsp3) is 0.455. The smallest absolute Gasteiger partial charge is 0.266 e. The van der Waals surface area contributed by atoms with Gasteiger partial charge in [-0.3, -0.25) is 14.2 Å². The number of amides is 1. The predicted octanol–water partition coefficient (Wildman–Crippen LogP) is -0.225. The monoisotopic (exact) mass is 288 g/mol. The van der Waals surface area contributed by atoms with Crippen molar-refractivity contribution in [1.82, 2.24) is 4.57 Å². The Morgan fingerprint density at radius 3 is 2.32 bits per heavy atom. The maximum Gasteiger partial charge on any atom is 0.266 e. The number of nitrogens with two attached hydrogens (primary N) is 1. The van der Waals surface area contributed by atoms with E-state index in [1.165, 1.54) is 6.92 Å². The molecule has 0 saturated carbocycles. The quantitative estimate of drug-likeness (QED) is 0.793. The van der Waals surface area contributed by atoms with Crippen molar-refractivity contribution in [1.29, 1.82) is 0 Å². The molecule has 19 heavy (non-hydrogen) atoms. The lowest BCUT2D eigenvalue weighted by atomic mass is 10.1. The maximum atomic E-state index is 12.0. The molecule has 0 atom stereocenters. The minimum absolute atomic E-state index is 0.0910. The number of sulfone groups is 1. The molecule has 0 unspecified atom stereocenters. The van der Waals surface area contributed by atoms with Gasteiger partial charge in [0, 0.05) is 12.8 Å². The highest BCUT2D eigenvalue weighted by atomic mass is 32.2. The summed E-state index contributed by atoms with van der Waals surface area (Å²) in [5.41, 5.74) is 3.80. The van der Waals surface area contributed by atoms with Crippen molar-refractivity contribution >= 4 is 15.7 Å². The minimum atomic E-state index is -3.80. The Kier molecular flexibility index (Phi) is 4.04. The summed E-state index contributed by atoms with van der Waals surface area (Å²) in [7, 11) is -3.80. The zero-order chi connectivity index (χ0) is 15.0. The van der Waals surface area contributed by atoms with E-state index >= 15 is 0 Å². The van der Waals surface area contributed by atoms with Crippen LogP contribution in [0.15, 0.2) is 9.69 Å². The van der Waals surface area contributed by atoms with Crippen LogP contribution in [0.4, 0.5) is 0 Å². The normalized spacial score (nSPS) is 11.5. The molecule has 8 heteroatoms. The van der Waals surface area contributed by atoms with Crippen LogP contribution in [0.1, 0.15) is 29.3 Å². The van der Waals surface area contributed by atoms with E-state index in [0.717, 1.165) is 10.8 Å². The van der Waals surface area contributed by atoms with Crippen LogP contribution in [0, 0.1) is 6.92 Å². The summed E-state index contributed by atoms with van der Waals surface area (Å²) in [6, 6.07) is 0. The van der Waals surface area contributed by atoms with E-state index in [1.54, 1.807) is 6.92 Å². The van der Waals surface area contributed by atoms with Crippen LogP contribution in [0.25, 0.3) is 0 Å². The zero-order valence-corrected chi connectivity index (χ0v) is 11.7. The van der Waals surface area contributed by atoms with Crippen molar-refractivity contribution in [2.75, 3.05) is 6.26 Å². The molecule has 1 aromatic rings. The second-order valence-corrected chi connectivity index (χ2v) is 6.20. The topological polar surface area (TPSA) is 119 Å². The predicted molar refractivity (Wildman–Crippen MR) is 69.0 cm³/mol. The van der Waals surface area contributed by atoms with Gasteiger partial charge in [0.15, 0.2) is 9.84 Å². The summed E-state index contributed by atoms with van der Waals surface area (Å²) >= 11 is 0. The van der Waals surface area contributed by atoms with Crippen LogP contribution >= 0.6 is 0 Å². The Labute approximate surface area is 110 Å². The van der Waals surface area contributed by atoms with Gasteiger partial charge >= 0.3 is 0 Å². The lowest BCUT2D eigenvalue weighted by Crippen LogP contribution is -2.32. The standard InChI is InChI=1S/C11H16N2O5S/c1-4-5-13-10(15)7(9(12)14)6(2)8(11(13)16)19(3,17)18/h16H,4-5H2,1-3H3,(H2,12,14). The highest BCUT2D eigenvalue weighted by Crippen LogP contribution is 2.26. The van der Waals surface area contributed by atoms with E-state index < -0.39 is 37.6 Å². The maximum absolute atomic E-state index is 12.0. The molecule has 0 bridgehead atoms. The SMILES string of the molecule is CCCn1c(O)c(S(C)(=O)=O)c(C)c(C(N)=O)c1=O. The van der Waals surface area contributed by atoms with Gasteiger partial charge in [0.2, 0.25) is 5.88 Å². The summed E-state index contributed by atoms with van der Waals surface area (Å²) in [6.45, 7) is 3.11. The average molecular weight is 288 g/mol. The third-order valence-electron chi connectivity index (χ3n) is 2.70. The van der Waals surface area contributed by atoms with Gasteiger partial charge in [-0.05, 0) is 18.9 Å². The molecule has 7 nitrogen and oxygen atoms in total. The number of primary amides is 1. The largest absolute Gasteiger partial charge is 0.493 e. The van der Waals surface area contributed by atoms with Crippen LogP contribution < -0.4 is 11.3 Å². The third-order valence-corrected chi connectivity index (χ3v) is 3.93. The Hall–Kier alpha value is -1.83. The van der Waals surface area contributed by atoms with Crippen LogP contribution in [0.3, 0.4) is 0 Å². The van der Waals surface area contributed by atoms with Gasteiger partial charge in [-0.25, -0.2) is 8.42 Å². The van der Waals surface area contributed by atoms with Crippen molar-refractivity contribution in [3.8, 4) is 5.88 Å². The molecule has 1 amide bonds. The molecule has 1 heterocycles. The Morgan fingerprint density at radius 2 is 1.95 bits per heavy atom. The first-order valence-electron chi connectivity index (χ1n) is 5.59. The van der Waals surface area contributed by atoms with Gasteiger partial charge in [0.25, 0.3) is 11.5 Å². The van der Waals surface area contributed by atoms with Crippen LogP contribution in [-0.2, 0) is 16.4 Å². The fourth-order valence-corrected chi connectivity index (χ4v) is 3.06. The van der Waals surface area contributed by atoms with Crippen LogP contribution in [0.5, 0.6) is 5.88 Å². The van der Waals surface area contributed by atoms with Gasteiger partial charge < -0.3 is 10.8 Å². The molecule has 0 aliphatic rings. The molecular formula is C11H16N2O5S. The van der Waals surface area contributed by atoms with Crippen molar-refractivity contribution in [3.63, 3.8) is 0 Å². The number of hydrogen-bond donors (Lipinski definition) is 2. The van der Waals surface area contributed by atoms with E-state index in [2.05, 4.69) is 0 Å². The first kappa shape index (κ1) is 15.2. The molecule has 0 radical (unpaired) electrons. The van der Waals surface area contributed by atoms with E-state index in [4.69, 9.17) is 5.73 Å². The molecule has 0 aliphatic carbocycles. The van der Waals surface area contributed by atoms with Crippen molar-refractivity contribution in [2.45, 2.75) is 31.7 Å². The van der Waals surface area contributed by atoms with Crippen molar-refractivity contribution in [2.24, 2.45) is 5.73 Å². The van der Waals surface area contributed by atoms with E-state index in [-0.39, 0.29) is 12.1 Å². The second-order valence-electron chi connectivity index (χ2n) is 4.25. The molecule has 0 fully saturated rings. The Balaban J connectivity index is 3.97. The van der Waals surface area contributed by atoms with Crippen molar-refractivity contribution in [3.05, 3.63) is 21.5 Å². The van der Waals surface area contributed by atoms with E-state index in [0.29, 0.717) is 6.42 Å². The summed E-state index contributed by atoms with van der Waals surface area (Å²) in [5, 5.41) is 9.96. The molecule has 0 spiro atoms. The van der Waals surface area contributed by atoms with Gasteiger partial charge in [-0.2, -0.15) is 0 Å². The van der Waals surface area contributed by atoms with Gasteiger partial charge in [0.1, 0.15) is 10.5 Å². The number of aromatic nitrogens is 1. The molecule has 3 N–H and O–H groups in total. The highest BCUT2D eigenvalue weighted by molar-refractivity contribution is 7.90. The number of aromatic hydroxyl groups is 1. The number of carbonyl (C=O) groups excluding carboxylic acids is 1. The number of pyridine rings is 1. The Morgan fingerprint density at radius 1 is 1.42 bits per heavy atom. The lowest BCUT2D eigenvalue weighted by Gasteiger charge is -2.15. The van der Waals surface area contributed by atoms with E-state index in [9.17, 15) is 23.1 Å². The first-order valence-corrected chi connectivity index (χ1v) is 7.48. The van der Waals surface area contributed by atoms with Gasteiger partial charge in [0.05, 0.1) is 0 Å². The third kappa shape index (κ3) is 2.62. The zero-order valence-electron chi connectivity index (χ0n) is 10.9. The second kappa shape index (κ2) is 5.04. The van der Waals surface area contributed by atoms with Gasteiger partial charge in [-0.1, -0.05) is 6.92 Å². The lowest BCUT2D eigenvalue weighted by molar-refractivity contribution is 0.0997. The highest BCUT2D eigenvalue weighted by Gasteiger charge is 2.27. The van der Waals surface area contributed by atoms with Crippen LogP contribution in [0.2, 0.25) is 0 Å². The number of nitrogens with zero attached hydrogens (tertiary/aromatic N) is 1. The molecule has 0 saturated heterocycles. The molecule has 1 aromatic heterocycles.